The minimum absolute atomic E-state index is 0.0161. The van der Waals surface area contributed by atoms with Gasteiger partial charge in [0.05, 0.1) is 5.56 Å². The maximum atomic E-state index is 12.8. The Balaban J connectivity index is 3.51. The van der Waals surface area contributed by atoms with Crippen molar-refractivity contribution in [3.8, 4) is 0 Å². The van der Waals surface area contributed by atoms with Crippen molar-refractivity contribution in [3.63, 3.8) is 0 Å². The van der Waals surface area contributed by atoms with Crippen molar-refractivity contribution in [1.29, 1.82) is 0 Å². The third-order valence-corrected chi connectivity index (χ3v) is 1.64. The number of hydrogen-bond acceptors (Lipinski definition) is 1. The van der Waals surface area contributed by atoms with Gasteiger partial charge in [0.15, 0.2) is 11.6 Å². The van der Waals surface area contributed by atoms with Crippen LogP contribution >= 0.6 is 0 Å². The summed E-state index contributed by atoms with van der Waals surface area (Å²) in [6.45, 7) is 0. The van der Waals surface area contributed by atoms with Crippen molar-refractivity contribution >= 4 is 5.97 Å². The number of halogens is 5. The summed E-state index contributed by atoms with van der Waals surface area (Å²) >= 11 is 0. The van der Waals surface area contributed by atoms with Gasteiger partial charge in [-0.3, -0.25) is 0 Å². The fourth-order valence-electron chi connectivity index (χ4n) is 0.965. The van der Waals surface area contributed by atoms with Gasteiger partial charge in [-0.05, 0) is 6.07 Å². The van der Waals surface area contributed by atoms with Crippen LogP contribution in [0.15, 0.2) is 6.07 Å². The summed E-state index contributed by atoms with van der Waals surface area (Å²) < 4.78 is 62.3. The van der Waals surface area contributed by atoms with E-state index in [0.717, 1.165) is 0 Å². The summed E-state index contributed by atoms with van der Waals surface area (Å²) in [5.41, 5.74) is -3.09. The first kappa shape index (κ1) is 11.4. The Morgan fingerprint density at radius 1 is 1.20 bits per heavy atom. The van der Waals surface area contributed by atoms with Crippen molar-refractivity contribution in [2.45, 2.75) is 6.43 Å². The van der Waals surface area contributed by atoms with Crippen LogP contribution < -0.4 is 0 Å². The minimum Gasteiger partial charge on any atom is -0.478 e. The molecule has 15 heavy (non-hydrogen) atoms. The summed E-state index contributed by atoms with van der Waals surface area (Å²) in [6.07, 6.45) is -3.55. The van der Waals surface area contributed by atoms with Gasteiger partial charge in [0, 0.05) is 0 Å². The van der Waals surface area contributed by atoms with Crippen LogP contribution in [-0.4, -0.2) is 11.1 Å². The van der Waals surface area contributed by atoms with Gasteiger partial charge in [-0.2, -0.15) is 0 Å². The molecule has 0 heterocycles. The summed E-state index contributed by atoms with van der Waals surface area (Å²) in [6, 6.07) is 0.0161. The van der Waals surface area contributed by atoms with Gasteiger partial charge in [-0.15, -0.1) is 0 Å². The molecule has 0 aliphatic rings. The lowest BCUT2D eigenvalue weighted by Gasteiger charge is -2.06. The average Bonchev–Trinajstić information content (AvgIpc) is 2.10. The number of carboxylic acids is 1. The highest BCUT2D eigenvalue weighted by molar-refractivity contribution is 5.88. The van der Waals surface area contributed by atoms with Crippen LogP contribution in [0.2, 0.25) is 0 Å². The van der Waals surface area contributed by atoms with Gasteiger partial charge in [-0.1, -0.05) is 0 Å². The maximum Gasteiger partial charge on any atom is 0.338 e. The monoisotopic (exact) mass is 226 g/mol. The van der Waals surface area contributed by atoms with Gasteiger partial charge in [0.25, 0.3) is 6.43 Å². The molecule has 0 atom stereocenters. The van der Waals surface area contributed by atoms with Gasteiger partial charge in [0.1, 0.15) is 11.4 Å². The van der Waals surface area contributed by atoms with E-state index in [1.54, 1.807) is 0 Å². The maximum absolute atomic E-state index is 12.8. The number of benzene rings is 1. The van der Waals surface area contributed by atoms with Crippen molar-refractivity contribution < 1.29 is 31.9 Å². The van der Waals surface area contributed by atoms with Crippen LogP contribution in [0.3, 0.4) is 0 Å². The molecule has 1 rings (SSSR count). The molecule has 0 aromatic heterocycles. The number of carboxylic acid groups (broad SMARTS) is 1. The molecule has 0 spiro atoms. The molecule has 0 fully saturated rings. The van der Waals surface area contributed by atoms with E-state index >= 15 is 0 Å². The Kier molecular flexibility index (Phi) is 2.92. The number of carbonyl (C=O) groups is 1. The van der Waals surface area contributed by atoms with Gasteiger partial charge in [-0.25, -0.2) is 26.7 Å². The molecule has 0 saturated heterocycles. The second kappa shape index (κ2) is 3.84. The molecule has 1 N–H and O–H groups in total. The number of rotatable bonds is 2. The van der Waals surface area contributed by atoms with Crippen molar-refractivity contribution in [3.05, 3.63) is 34.6 Å². The summed E-state index contributed by atoms with van der Waals surface area (Å²) in [4.78, 5) is 10.2. The lowest BCUT2D eigenvalue weighted by atomic mass is 10.1. The lowest BCUT2D eigenvalue weighted by molar-refractivity contribution is 0.0688. The van der Waals surface area contributed by atoms with E-state index in [1.807, 2.05) is 0 Å². The highest BCUT2D eigenvalue weighted by atomic mass is 19.3. The van der Waals surface area contributed by atoms with Crippen LogP contribution in [-0.2, 0) is 0 Å². The van der Waals surface area contributed by atoms with Crippen molar-refractivity contribution in [1.82, 2.24) is 0 Å². The van der Waals surface area contributed by atoms with Crippen LogP contribution in [0.25, 0.3) is 0 Å². The second-order valence-electron chi connectivity index (χ2n) is 2.55. The molecular weight excluding hydrogens is 223 g/mol. The molecule has 0 aliphatic carbocycles. The van der Waals surface area contributed by atoms with Crippen LogP contribution in [0, 0.1) is 17.5 Å². The third kappa shape index (κ3) is 1.90. The van der Waals surface area contributed by atoms with Crippen molar-refractivity contribution in [2.24, 2.45) is 0 Å². The zero-order valence-corrected chi connectivity index (χ0v) is 6.90. The topological polar surface area (TPSA) is 37.3 Å². The zero-order chi connectivity index (χ0) is 11.7. The predicted molar refractivity (Wildman–Crippen MR) is 38.2 cm³/mol. The summed E-state index contributed by atoms with van der Waals surface area (Å²) in [7, 11) is 0. The molecule has 0 bridgehead atoms. The third-order valence-electron chi connectivity index (χ3n) is 1.64. The molecule has 0 saturated carbocycles. The molecule has 0 unspecified atom stereocenters. The SMILES string of the molecule is O=C(O)c1cc(F)c(C(F)F)c(F)c1F. The fraction of sp³-hybridized carbons (Fsp3) is 0.125. The number of alkyl halides is 2. The van der Waals surface area contributed by atoms with Gasteiger partial charge >= 0.3 is 5.97 Å². The van der Waals surface area contributed by atoms with E-state index in [1.165, 1.54) is 0 Å². The molecule has 0 amide bonds. The molecule has 1 aromatic rings. The van der Waals surface area contributed by atoms with Crippen LogP contribution in [0.4, 0.5) is 22.0 Å². The fourth-order valence-corrected chi connectivity index (χ4v) is 0.965. The quantitative estimate of drug-likeness (QED) is 0.621. The molecule has 7 heteroatoms. The van der Waals surface area contributed by atoms with Crippen molar-refractivity contribution in [2.75, 3.05) is 0 Å². The average molecular weight is 226 g/mol. The van der Waals surface area contributed by atoms with Gasteiger partial charge in [0.2, 0.25) is 0 Å². The highest BCUT2D eigenvalue weighted by Gasteiger charge is 2.27. The van der Waals surface area contributed by atoms with E-state index < -0.39 is 41.0 Å². The number of aromatic carboxylic acids is 1. The molecule has 1 aromatic carbocycles. The standard InChI is InChI=1S/C8H3F5O2/c9-3-1-2(8(14)15)5(10)6(11)4(3)7(12)13/h1,7H,(H,14,15). The molecule has 82 valence electrons. The second-order valence-corrected chi connectivity index (χ2v) is 2.55. The largest absolute Gasteiger partial charge is 0.478 e. The Morgan fingerprint density at radius 3 is 2.13 bits per heavy atom. The Hall–Kier alpha value is -1.66. The highest BCUT2D eigenvalue weighted by Crippen LogP contribution is 2.28. The molecular formula is C8H3F5O2. The first-order chi connectivity index (χ1) is 6.86. The molecule has 2 nitrogen and oxygen atoms in total. The van der Waals surface area contributed by atoms with E-state index in [0.29, 0.717) is 0 Å². The van der Waals surface area contributed by atoms with Gasteiger partial charge < -0.3 is 5.11 Å². The molecule has 0 radical (unpaired) electrons. The summed E-state index contributed by atoms with van der Waals surface area (Å²) in [5, 5.41) is 8.28. The van der Waals surface area contributed by atoms with E-state index in [4.69, 9.17) is 5.11 Å². The first-order valence-electron chi connectivity index (χ1n) is 3.55. The van der Waals surface area contributed by atoms with E-state index in [2.05, 4.69) is 0 Å². The van der Waals surface area contributed by atoms with E-state index in [9.17, 15) is 26.7 Å². The number of hydrogen-bond donors (Lipinski definition) is 1. The minimum atomic E-state index is -3.55. The van der Waals surface area contributed by atoms with Crippen LogP contribution in [0.5, 0.6) is 0 Å². The zero-order valence-electron chi connectivity index (χ0n) is 6.90. The summed E-state index contributed by atoms with van der Waals surface area (Å²) in [5.74, 6) is -7.91. The Bertz CT molecular complexity index is 416. The van der Waals surface area contributed by atoms with E-state index in [-0.39, 0.29) is 6.07 Å². The lowest BCUT2D eigenvalue weighted by Crippen LogP contribution is -2.08. The first-order valence-corrected chi connectivity index (χ1v) is 3.55. The smallest absolute Gasteiger partial charge is 0.338 e. The Labute approximate surface area is 79.9 Å². The Morgan fingerprint density at radius 2 is 1.73 bits per heavy atom. The predicted octanol–water partition coefficient (Wildman–Crippen LogP) is 2.74. The normalized spacial score (nSPS) is 10.8. The molecule has 0 aliphatic heterocycles. The van der Waals surface area contributed by atoms with Crippen LogP contribution in [0.1, 0.15) is 22.3 Å².